The average Bonchev–Trinajstić information content (AvgIpc) is 2.35. The Morgan fingerprint density at radius 2 is 2.42 bits per heavy atom. The van der Waals surface area contributed by atoms with Crippen LogP contribution < -0.4 is 5.73 Å². The van der Waals surface area contributed by atoms with Gasteiger partial charge in [-0.15, -0.1) is 11.3 Å². The first-order valence-corrected chi connectivity index (χ1v) is 5.44. The Balaban J connectivity index is 2.80. The van der Waals surface area contributed by atoms with E-state index in [1.165, 1.54) is 10.5 Å². The maximum absolute atomic E-state index is 5.72. The van der Waals surface area contributed by atoms with Crippen LogP contribution in [0, 0.1) is 0 Å². The van der Waals surface area contributed by atoms with Crippen LogP contribution in [0.3, 0.4) is 0 Å². The molecule has 0 aliphatic rings. The second kappa shape index (κ2) is 4.21. The first-order chi connectivity index (χ1) is 5.59. The smallest absolute Gasteiger partial charge is 0.0288 e. The standard InChI is InChI=1S/C9H12BrNS/c1-6(7(2)11)3-9-4-8(10)5-12-9/h3-5,7H,11H2,1-2H3. The van der Waals surface area contributed by atoms with Crippen LogP contribution in [-0.2, 0) is 0 Å². The van der Waals surface area contributed by atoms with Crippen LogP contribution in [0.15, 0.2) is 21.5 Å². The lowest BCUT2D eigenvalue weighted by Crippen LogP contribution is -2.15. The summed E-state index contributed by atoms with van der Waals surface area (Å²) >= 11 is 5.13. The van der Waals surface area contributed by atoms with Gasteiger partial charge in [0, 0.05) is 20.8 Å². The Labute approximate surface area is 85.4 Å². The van der Waals surface area contributed by atoms with E-state index in [0.717, 1.165) is 4.47 Å². The lowest BCUT2D eigenvalue weighted by molar-refractivity contribution is 0.868. The number of nitrogens with two attached hydrogens (primary N) is 1. The molecule has 1 atom stereocenters. The highest BCUT2D eigenvalue weighted by Gasteiger charge is 1.98. The molecular weight excluding hydrogens is 234 g/mol. The largest absolute Gasteiger partial charge is 0.324 e. The Morgan fingerprint density at radius 3 is 2.83 bits per heavy atom. The highest BCUT2D eigenvalue weighted by molar-refractivity contribution is 9.10. The van der Waals surface area contributed by atoms with Gasteiger partial charge in [0.25, 0.3) is 0 Å². The summed E-state index contributed by atoms with van der Waals surface area (Å²) in [6.07, 6.45) is 2.13. The fraction of sp³-hybridized carbons (Fsp3) is 0.333. The van der Waals surface area contributed by atoms with Crippen molar-refractivity contribution in [2.45, 2.75) is 19.9 Å². The summed E-state index contributed by atoms with van der Waals surface area (Å²) in [4.78, 5) is 1.25. The van der Waals surface area contributed by atoms with Gasteiger partial charge in [-0.3, -0.25) is 0 Å². The monoisotopic (exact) mass is 245 g/mol. The van der Waals surface area contributed by atoms with Crippen LogP contribution in [-0.4, -0.2) is 6.04 Å². The summed E-state index contributed by atoms with van der Waals surface area (Å²) in [5.74, 6) is 0. The average molecular weight is 246 g/mol. The van der Waals surface area contributed by atoms with E-state index >= 15 is 0 Å². The van der Waals surface area contributed by atoms with Crippen LogP contribution in [0.1, 0.15) is 18.7 Å². The van der Waals surface area contributed by atoms with Gasteiger partial charge in [-0.05, 0) is 41.9 Å². The summed E-state index contributed by atoms with van der Waals surface area (Å²) in [5.41, 5.74) is 6.93. The second-order valence-corrected chi connectivity index (χ2v) is 4.70. The van der Waals surface area contributed by atoms with E-state index in [4.69, 9.17) is 5.73 Å². The quantitative estimate of drug-likeness (QED) is 0.851. The van der Waals surface area contributed by atoms with Crippen molar-refractivity contribution >= 4 is 33.3 Å². The molecule has 12 heavy (non-hydrogen) atoms. The van der Waals surface area contributed by atoms with Gasteiger partial charge in [-0.25, -0.2) is 0 Å². The van der Waals surface area contributed by atoms with E-state index in [9.17, 15) is 0 Å². The third-order valence-corrected chi connectivity index (χ3v) is 3.32. The van der Waals surface area contributed by atoms with Crippen molar-refractivity contribution < 1.29 is 0 Å². The molecule has 1 aromatic rings. The number of hydrogen-bond acceptors (Lipinski definition) is 2. The zero-order chi connectivity index (χ0) is 9.14. The first-order valence-electron chi connectivity index (χ1n) is 3.77. The highest BCUT2D eigenvalue weighted by atomic mass is 79.9. The lowest BCUT2D eigenvalue weighted by atomic mass is 10.1. The zero-order valence-corrected chi connectivity index (χ0v) is 9.58. The van der Waals surface area contributed by atoms with Crippen LogP contribution in [0.25, 0.3) is 6.08 Å². The fourth-order valence-electron chi connectivity index (χ4n) is 0.760. The van der Waals surface area contributed by atoms with Crippen molar-refractivity contribution in [3.8, 4) is 0 Å². The van der Waals surface area contributed by atoms with E-state index in [2.05, 4.69) is 40.4 Å². The molecule has 0 saturated heterocycles. The molecule has 0 aliphatic heterocycles. The van der Waals surface area contributed by atoms with Crippen LogP contribution in [0.5, 0.6) is 0 Å². The molecule has 1 unspecified atom stereocenters. The predicted molar refractivity (Wildman–Crippen MR) is 59.3 cm³/mol. The minimum atomic E-state index is 0.144. The van der Waals surface area contributed by atoms with E-state index in [1.807, 2.05) is 6.92 Å². The molecule has 0 aliphatic carbocycles. The molecule has 0 spiro atoms. The van der Waals surface area contributed by atoms with Gasteiger partial charge in [0.1, 0.15) is 0 Å². The van der Waals surface area contributed by atoms with Crippen LogP contribution in [0.4, 0.5) is 0 Å². The van der Waals surface area contributed by atoms with Crippen molar-refractivity contribution in [2.75, 3.05) is 0 Å². The van der Waals surface area contributed by atoms with Gasteiger partial charge >= 0.3 is 0 Å². The molecule has 0 aromatic carbocycles. The fourth-order valence-corrected chi connectivity index (χ4v) is 2.20. The van der Waals surface area contributed by atoms with Gasteiger partial charge in [0.2, 0.25) is 0 Å². The minimum Gasteiger partial charge on any atom is -0.324 e. The van der Waals surface area contributed by atoms with Crippen molar-refractivity contribution in [1.29, 1.82) is 0 Å². The van der Waals surface area contributed by atoms with Crippen LogP contribution >= 0.6 is 27.3 Å². The van der Waals surface area contributed by atoms with E-state index in [0.29, 0.717) is 0 Å². The SMILES string of the molecule is CC(=Cc1cc(Br)cs1)C(C)N. The Kier molecular flexibility index (Phi) is 3.50. The molecule has 0 saturated carbocycles. The summed E-state index contributed by atoms with van der Waals surface area (Å²) in [5, 5.41) is 2.07. The Bertz CT molecular complexity index is 288. The Hall–Kier alpha value is -0.120. The van der Waals surface area contributed by atoms with Crippen molar-refractivity contribution in [3.05, 3.63) is 26.4 Å². The van der Waals surface area contributed by atoms with Gasteiger partial charge < -0.3 is 5.73 Å². The maximum Gasteiger partial charge on any atom is 0.0288 e. The summed E-state index contributed by atoms with van der Waals surface area (Å²) in [7, 11) is 0. The molecular formula is C9H12BrNS. The molecule has 0 amide bonds. The van der Waals surface area contributed by atoms with Gasteiger partial charge in [0.15, 0.2) is 0 Å². The lowest BCUT2D eigenvalue weighted by Gasteiger charge is -2.03. The van der Waals surface area contributed by atoms with E-state index < -0.39 is 0 Å². The van der Waals surface area contributed by atoms with Crippen molar-refractivity contribution in [1.82, 2.24) is 0 Å². The van der Waals surface area contributed by atoms with Gasteiger partial charge in [-0.1, -0.05) is 5.57 Å². The number of hydrogen-bond donors (Lipinski definition) is 1. The number of thiophene rings is 1. The van der Waals surface area contributed by atoms with Gasteiger partial charge in [0.05, 0.1) is 0 Å². The first kappa shape index (κ1) is 9.96. The maximum atomic E-state index is 5.72. The van der Waals surface area contributed by atoms with E-state index in [-0.39, 0.29) is 6.04 Å². The third-order valence-electron chi connectivity index (χ3n) is 1.68. The highest BCUT2D eigenvalue weighted by Crippen LogP contribution is 2.22. The number of rotatable bonds is 2. The van der Waals surface area contributed by atoms with E-state index in [1.54, 1.807) is 11.3 Å². The Morgan fingerprint density at radius 1 is 1.75 bits per heavy atom. The summed E-state index contributed by atoms with van der Waals surface area (Å²) < 4.78 is 1.14. The molecule has 0 radical (unpaired) electrons. The normalized spacial score (nSPS) is 14.8. The molecule has 1 nitrogen and oxygen atoms in total. The predicted octanol–water partition coefficient (Wildman–Crippen LogP) is 3.26. The molecule has 3 heteroatoms. The topological polar surface area (TPSA) is 26.0 Å². The molecule has 1 aromatic heterocycles. The molecule has 2 N–H and O–H groups in total. The molecule has 1 rings (SSSR count). The summed E-state index contributed by atoms with van der Waals surface area (Å²) in [6.45, 7) is 4.05. The summed E-state index contributed by atoms with van der Waals surface area (Å²) in [6, 6.07) is 2.24. The third kappa shape index (κ3) is 2.73. The molecule has 0 bridgehead atoms. The molecule has 1 heterocycles. The van der Waals surface area contributed by atoms with Crippen LogP contribution in [0.2, 0.25) is 0 Å². The second-order valence-electron chi connectivity index (χ2n) is 2.84. The van der Waals surface area contributed by atoms with Crippen molar-refractivity contribution in [3.63, 3.8) is 0 Å². The molecule has 0 fully saturated rings. The van der Waals surface area contributed by atoms with Crippen molar-refractivity contribution in [2.24, 2.45) is 5.73 Å². The van der Waals surface area contributed by atoms with Gasteiger partial charge in [-0.2, -0.15) is 0 Å². The molecule has 66 valence electrons. The minimum absolute atomic E-state index is 0.144. The zero-order valence-electron chi connectivity index (χ0n) is 7.17. The number of halogens is 1.